The van der Waals surface area contributed by atoms with Gasteiger partial charge in [-0.1, -0.05) is 37.5 Å². The van der Waals surface area contributed by atoms with Gasteiger partial charge in [0.05, 0.1) is 12.3 Å². The van der Waals surface area contributed by atoms with E-state index in [0.29, 0.717) is 5.92 Å². The van der Waals surface area contributed by atoms with Crippen molar-refractivity contribution in [2.24, 2.45) is 11.0 Å². The highest BCUT2D eigenvalue weighted by molar-refractivity contribution is 5.99. The first-order valence-electron chi connectivity index (χ1n) is 9.05. The Morgan fingerprint density at radius 3 is 2.71 bits per heavy atom. The molecule has 1 saturated carbocycles. The van der Waals surface area contributed by atoms with Gasteiger partial charge in [0, 0.05) is 17.9 Å². The molecule has 1 aromatic carbocycles. The van der Waals surface area contributed by atoms with Gasteiger partial charge >= 0.3 is 0 Å². The van der Waals surface area contributed by atoms with E-state index < -0.39 is 0 Å². The van der Waals surface area contributed by atoms with Gasteiger partial charge in [0.25, 0.3) is 0 Å². The summed E-state index contributed by atoms with van der Waals surface area (Å²) in [6.07, 6.45) is 9.10. The van der Waals surface area contributed by atoms with Crippen LogP contribution in [0.15, 0.2) is 52.2 Å². The summed E-state index contributed by atoms with van der Waals surface area (Å²) in [7, 11) is 0. The minimum Gasteiger partial charge on any atom is -0.468 e. The first kappa shape index (κ1) is 14.1. The molecule has 2 atom stereocenters. The topological polar surface area (TPSA) is 38.0 Å². The number of rotatable bonds is 2. The molecular weight excluding hydrogens is 300 g/mol. The lowest BCUT2D eigenvalue weighted by molar-refractivity contribution is -0.0643. The normalized spacial score (nSPS) is 26.5. The molecule has 2 aliphatic heterocycles. The summed E-state index contributed by atoms with van der Waals surface area (Å²) in [6.45, 7) is 0. The number of nitrogens with zero attached hydrogens (tertiary/aromatic N) is 2. The highest BCUT2D eigenvalue weighted by Crippen LogP contribution is 2.46. The molecule has 4 heteroatoms. The fourth-order valence-electron chi connectivity index (χ4n) is 4.38. The molecule has 0 amide bonds. The summed E-state index contributed by atoms with van der Waals surface area (Å²) in [5, 5.41) is 7.16. The summed E-state index contributed by atoms with van der Waals surface area (Å²) in [4.78, 5) is 0. The van der Waals surface area contributed by atoms with E-state index in [-0.39, 0.29) is 12.3 Å². The van der Waals surface area contributed by atoms with Crippen LogP contribution >= 0.6 is 0 Å². The second kappa shape index (κ2) is 5.69. The van der Waals surface area contributed by atoms with Gasteiger partial charge in [-0.3, -0.25) is 0 Å². The van der Waals surface area contributed by atoms with Crippen LogP contribution in [0.1, 0.15) is 55.9 Å². The van der Waals surface area contributed by atoms with Crippen molar-refractivity contribution in [3.63, 3.8) is 0 Å². The highest BCUT2D eigenvalue weighted by Gasteiger charge is 2.43. The van der Waals surface area contributed by atoms with Crippen molar-refractivity contribution >= 4 is 5.71 Å². The van der Waals surface area contributed by atoms with Gasteiger partial charge in [0.2, 0.25) is 0 Å². The average Bonchev–Trinajstić information content (AvgIpc) is 3.31. The van der Waals surface area contributed by atoms with E-state index in [9.17, 15) is 0 Å². The quantitative estimate of drug-likeness (QED) is 0.802. The van der Waals surface area contributed by atoms with Gasteiger partial charge in [-0.25, -0.2) is 5.01 Å². The van der Waals surface area contributed by atoms with Gasteiger partial charge in [0.15, 0.2) is 6.23 Å². The predicted octanol–water partition coefficient (Wildman–Crippen LogP) is 4.73. The standard InChI is InChI=1S/C20H22N2O2/c1-2-7-14(8-3-1)20-22-17(15-9-4-5-10-18(15)24-20)13-16(21-22)19-11-6-12-23-19/h4-6,9-12,14,17,20H,1-3,7-8,13H2. The summed E-state index contributed by atoms with van der Waals surface area (Å²) < 4.78 is 12.0. The Hall–Kier alpha value is -2.23. The Kier molecular flexibility index (Phi) is 3.35. The molecule has 5 rings (SSSR count). The summed E-state index contributed by atoms with van der Waals surface area (Å²) in [5.74, 6) is 2.48. The Morgan fingerprint density at radius 1 is 1.00 bits per heavy atom. The predicted molar refractivity (Wildman–Crippen MR) is 91.9 cm³/mol. The molecule has 2 aromatic rings. The molecule has 2 unspecified atom stereocenters. The minimum atomic E-state index is 0.0534. The third-order valence-electron chi connectivity index (χ3n) is 5.59. The van der Waals surface area contributed by atoms with Gasteiger partial charge in [-0.15, -0.1) is 0 Å². The maximum Gasteiger partial charge on any atom is 0.190 e. The van der Waals surface area contributed by atoms with E-state index in [1.54, 1.807) is 6.26 Å². The smallest absolute Gasteiger partial charge is 0.190 e. The molecular formula is C20H22N2O2. The molecule has 0 radical (unpaired) electrons. The second-order valence-corrected chi connectivity index (χ2v) is 7.07. The SMILES string of the molecule is c1coc(C2=NN3C(C2)c2ccccc2OC3C2CCCCC2)c1. The van der Waals surface area contributed by atoms with E-state index in [1.165, 1.54) is 37.7 Å². The summed E-state index contributed by atoms with van der Waals surface area (Å²) >= 11 is 0. The molecule has 0 saturated heterocycles. The van der Waals surface area contributed by atoms with Crippen LogP contribution in [0.25, 0.3) is 0 Å². The Balaban J connectivity index is 1.53. The maximum absolute atomic E-state index is 6.44. The van der Waals surface area contributed by atoms with E-state index >= 15 is 0 Å². The lowest BCUT2D eigenvalue weighted by Crippen LogP contribution is -2.45. The fraction of sp³-hybridized carbons (Fsp3) is 0.450. The summed E-state index contributed by atoms with van der Waals surface area (Å²) in [6, 6.07) is 12.6. The van der Waals surface area contributed by atoms with Gasteiger partial charge in [-0.2, -0.15) is 5.10 Å². The molecule has 0 N–H and O–H groups in total. The van der Waals surface area contributed by atoms with Gasteiger partial charge in [-0.05, 0) is 31.0 Å². The van der Waals surface area contributed by atoms with Crippen LogP contribution in [0.2, 0.25) is 0 Å². The largest absolute Gasteiger partial charge is 0.468 e. The van der Waals surface area contributed by atoms with Crippen LogP contribution in [0, 0.1) is 5.92 Å². The second-order valence-electron chi connectivity index (χ2n) is 7.07. The molecule has 0 bridgehead atoms. The van der Waals surface area contributed by atoms with Crippen molar-refractivity contribution in [3.8, 4) is 5.75 Å². The van der Waals surface area contributed by atoms with Crippen molar-refractivity contribution in [2.75, 3.05) is 0 Å². The monoisotopic (exact) mass is 322 g/mol. The van der Waals surface area contributed by atoms with Crippen LogP contribution in [-0.4, -0.2) is 16.9 Å². The van der Waals surface area contributed by atoms with Crippen molar-refractivity contribution in [1.82, 2.24) is 5.01 Å². The van der Waals surface area contributed by atoms with Crippen molar-refractivity contribution in [1.29, 1.82) is 0 Å². The number of hydrogen-bond donors (Lipinski definition) is 0. The van der Waals surface area contributed by atoms with E-state index in [2.05, 4.69) is 29.3 Å². The van der Waals surface area contributed by atoms with Crippen LogP contribution in [0.5, 0.6) is 5.75 Å². The van der Waals surface area contributed by atoms with Crippen LogP contribution in [-0.2, 0) is 0 Å². The molecule has 124 valence electrons. The van der Waals surface area contributed by atoms with Crippen LogP contribution < -0.4 is 4.74 Å². The van der Waals surface area contributed by atoms with Gasteiger partial charge < -0.3 is 9.15 Å². The van der Waals surface area contributed by atoms with Crippen molar-refractivity contribution in [2.45, 2.75) is 50.8 Å². The zero-order valence-electron chi connectivity index (χ0n) is 13.7. The highest BCUT2D eigenvalue weighted by atomic mass is 16.5. The Morgan fingerprint density at radius 2 is 1.88 bits per heavy atom. The number of hydrazone groups is 1. The minimum absolute atomic E-state index is 0.0534. The summed E-state index contributed by atoms with van der Waals surface area (Å²) in [5.41, 5.74) is 2.28. The van der Waals surface area contributed by atoms with Crippen molar-refractivity contribution in [3.05, 3.63) is 54.0 Å². The molecule has 1 aromatic heterocycles. The number of ether oxygens (including phenoxy) is 1. The number of furan rings is 1. The van der Waals surface area contributed by atoms with Crippen molar-refractivity contribution < 1.29 is 9.15 Å². The molecule has 3 heterocycles. The Labute approximate surface area is 142 Å². The zero-order valence-corrected chi connectivity index (χ0v) is 13.7. The van der Waals surface area contributed by atoms with Crippen LogP contribution in [0.3, 0.4) is 0 Å². The van der Waals surface area contributed by atoms with E-state index in [0.717, 1.165) is 23.6 Å². The Bertz CT molecular complexity index is 747. The molecule has 24 heavy (non-hydrogen) atoms. The van der Waals surface area contributed by atoms with E-state index in [1.807, 2.05) is 12.1 Å². The van der Waals surface area contributed by atoms with Gasteiger partial charge in [0.1, 0.15) is 17.2 Å². The van der Waals surface area contributed by atoms with E-state index in [4.69, 9.17) is 14.3 Å². The third kappa shape index (κ3) is 2.24. The first-order valence-corrected chi connectivity index (χ1v) is 9.05. The number of hydrogen-bond acceptors (Lipinski definition) is 4. The third-order valence-corrected chi connectivity index (χ3v) is 5.59. The number of benzene rings is 1. The van der Waals surface area contributed by atoms with Crippen LogP contribution in [0.4, 0.5) is 0 Å². The lowest BCUT2D eigenvalue weighted by Gasteiger charge is -2.42. The number of para-hydroxylation sites is 1. The number of fused-ring (bicyclic) bond motifs is 3. The zero-order chi connectivity index (χ0) is 15.9. The fourth-order valence-corrected chi connectivity index (χ4v) is 4.38. The first-order chi connectivity index (χ1) is 11.9. The molecule has 0 spiro atoms. The average molecular weight is 322 g/mol. The molecule has 3 aliphatic rings. The molecule has 1 fully saturated rings. The molecule has 4 nitrogen and oxygen atoms in total. The molecule has 1 aliphatic carbocycles. The maximum atomic E-state index is 6.44. The lowest BCUT2D eigenvalue weighted by atomic mass is 9.86.